The summed E-state index contributed by atoms with van der Waals surface area (Å²) in [7, 11) is 0. The molecule has 1 aromatic heterocycles. The van der Waals surface area contributed by atoms with Crippen LogP contribution in [0.25, 0.3) is 0 Å². The Kier molecular flexibility index (Phi) is 6.37. The molecule has 2 fully saturated rings. The van der Waals surface area contributed by atoms with E-state index in [0.717, 1.165) is 29.7 Å². The maximum atomic E-state index is 13.9. The highest BCUT2D eigenvalue weighted by atomic mass is 16.2. The Morgan fingerprint density at radius 3 is 2.36 bits per heavy atom. The van der Waals surface area contributed by atoms with Gasteiger partial charge in [-0.05, 0) is 44.4 Å². The fourth-order valence-corrected chi connectivity index (χ4v) is 5.75. The van der Waals surface area contributed by atoms with Crippen molar-refractivity contribution in [1.82, 2.24) is 24.7 Å². The first-order valence-electron chi connectivity index (χ1n) is 13.7. The molecule has 1 saturated heterocycles. The van der Waals surface area contributed by atoms with E-state index in [-0.39, 0.29) is 36.0 Å². The number of aromatic nitrogens is 2. The maximum absolute atomic E-state index is 13.9. The monoisotopic (exact) mass is 526 g/mol. The molecule has 3 amide bonds. The average molecular weight is 527 g/mol. The molecule has 9 nitrogen and oxygen atoms in total. The molecule has 2 aromatic carbocycles. The molecule has 6 rings (SSSR count). The van der Waals surface area contributed by atoms with Crippen LogP contribution in [0.2, 0.25) is 0 Å². The van der Waals surface area contributed by atoms with Gasteiger partial charge in [0.25, 0.3) is 11.8 Å². The summed E-state index contributed by atoms with van der Waals surface area (Å²) in [6, 6.07) is 18.2. The van der Waals surface area contributed by atoms with Gasteiger partial charge in [-0.1, -0.05) is 48.0 Å². The zero-order valence-electron chi connectivity index (χ0n) is 22.5. The Morgan fingerprint density at radius 1 is 1.00 bits per heavy atom. The predicted octanol–water partition coefficient (Wildman–Crippen LogP) is 2.85. The molecule has 0 radical (unpaired) electrons. The van der Waals surface area contributed by atoms with Gasteiger partial charge in [-0.25, -0.2) is 4.98 Å². The zero-order chi connectivity index (χ0) is 27.1. The summed E-state index contributed by atoms with van der Waals surface area (Å²) < 4.78 is 1.69. The largest absolute Gasteiger partial charge is 0.368 e. The van der Waals surface area contributed by atoms with Crippen LogP contribution in [0.5, 0.6) is 0 Å². The topological polar surface area (TPSA) is 90.8 Å². The van der Waals surface area contributed by atoms with Gasteiger partial charge < -0.3 is 24.6 Å². The minimum atomic E-state index is -1.07. The van der Waals surface area contributed by atoms with Crippen LogP contribution >= 0.6 is 0 Å². The minimum Gasteiger partial charge on any atom is -0.368 e. The number of amides is 3. The fraction of sp³-hybridized carbons (Fsp3) is 0.400. The van der Waals surface area contributed by atoms with Crippen LogP contribution < -0.4 is 10.2 Å². The molecule has 0 bridgehead atoms. The Balaban J connectivity index is 1.19. The van der Waals surface area contributed by atoms with E-state index in [1.54, 1.807) is 14.4 Å². The number of hydrogen-bond acceptors (Lipinski definition) is 5. The van der Waals surface area contributed by atoms with E-state index < -0.39 is 5.54 Å². The van der Waals surface area contributed by atoms with E-state index in [4.69, 9.17) is 0 Å². The summed E-state index contributed by atoms with van der Waals surface area (Å²) in [6.07, 6.45) is 3.24. The van der Waals surface area contributed by atoms with E-state index in [2.05, 4.69) is 27.3 Å². The Morgan fingerprint density at radius 2 is 1.69 bits per heavy atom. The second kappa shape index (κ2) is 9.87. The first kappa shape index (κ1) is 25.2. The van der Waals surface area contributed by atoms with Gasteiger partial charge in [-0.3, -0.25) is 14.4 Å². The van der Waals surface area contributed by atoms with Crippen molar-refractivity contribution >= 4 is 23.4 Å². The van der Waals surface area contributed by atoms with Gasteiger partial charge in [0.05, 0.1) is 12.9 Å². The van der Waals surface area contributed by atoms with Gasteiger partial charge in [0.1, 0.15) is 11.2 Å². The number of anilines is 1. The highest BCUT2D eigenvalue weighted by Gasteiger charge is 2.53. The van der Waals surface area contributed by atoms with Crippen molar-refractivity contribution in [3.8, 4) is 0 Å². The molecule has 0 unspecified atom stereocenters. The maximum Gasteiger partial charge on any atom is 0.275 e. The molecular formula is C30H34N6O3. The summed E-state index contributed by atoms with van der Waals surface area (Å²) in [4.78, 5) is 51.3. The second-order valence-electron chi connectivity index (χ2n) is 11.0. The van der Waals surface area contributed by atoms with Crippen LogP contribution in [0.1, 0.15) is 51.9 Å². The molecule has 0 spiro atoms. The smallest absolute Gasteiger partial charge is 0.275 e. The number of rotatable bonds is 6. The van der Waals surface area contributed by atoms with Crippen molar-refractivity contribution in [1.29, 1.82) is 0 Å². The number of piperazine rings is 1. The molecule has 1 aliphatic carbocycles. The van der Waals surface area contributed by atoms with E-state index in [9.17, 15) is 14.4 Å². The van der Waals surface area contributed by atoms with Gasteiger partial charge in [0.15, 0.2) is 5.69 Å². The van der Waals surface area contributed by atoms with E-state index in [0.29, 0.717) is 38.4 Å². The molecule has 1 saturated carbocycles. The lowest BCUT2D eigenvalue weighted by atomic mass is 9.93. The predicted molar refractivity (Wildman–Crippen MR) is 147 cm³/mol. The number of carbonyl (C=O) groups excluding carboxylic acids is 3. The lowest BCUT2D eigenvalue weighted by Crippen LogP contribution is -2.64. The first-order valence-corrected chi connectivity index (χ1v) is 13.7. The number of benzene rings is 2. The SMILES string of the molecule is Cc1ccc(CNC(=O)[C@]2(C)Cn3cnc(C(=O)N4CCN(c5ccccc5)CC4)c3C(=O)N2C2CC2)cc1. The van der Waals surface area contributed by atoms with E-state index in [1.165, 1.54) is 6.33 Å². The quantitative estimate of drug-likeness (QED) is 0.534. The number of imidazole rings is 1. The van der Waals surface area contributed by atoms with Crippen molar-refractivity contribution < 1.29 is 14.4 Å². The fourth-order valence-electron chi connectivity index (χ4n) is 5.75. The van der Waals surface area contributed by atoms with Crippen LogP contribution in [-0.4, -0.2) is 74.8 Å². The molecule has 9 heteroatoms. The van der Waals surface area contributed by atoms with Crippen LogP contribution in [0.4, 0.5) is 5.69 Å². The van der Waals surface area contributed by atoms with Crippen LogP contribution in [0.15, 0.2) is 60.9 Å². The third-order valence-corrected chi connectivity index (χ3v) is 8.13. The number of carbonyl (C=O) groups is 3. The van der Waals surface area contributed by atoms with Crippen molar-refractivity contribution in [3.63, 3.8) is 0 Å². The Bertz CT molecular complexity index is 1390. The third kappa shape index (κ3) is 4.66. The van der Waals surface area contributed by atoms with Gasteiger partial charge >= 0.3 is 0 Å². The lowest BCUT2D eigenvalue weighted by molar-refractivity contribution is -0.133. The first-order chi connectivity index (χ1) is 18.8. The molecule has 3 aliphatic rings. The number of hydrogen-bond donors (Lipinski definition) is 1. The summed E-state index contributed by atoms with van der Waals surface area (Å²) in [5.74, 6) is -0.721. The summed E-state index contributed by atoms with van der Waals surface area (Å²) >= 11 is 0. The van der Waals surface area contributed by atoms with E-state index >= 15 is 0 Å². The summed E-state index contributed by atoms with van der Waals surface area (Å²) in [5.41, 5.74) is 2.70. The van der Waals surface area contributed by atoms with Crippen molar-refractivity contribution in [2.45, 2.75) is 51.4 Å². The van der Waals surface area contributed by atoms with Gasteiger partial charge in [0.2, 0.25) is 5.91 Å². The molecule has 3 heterocycles. The van der Waals surface area contributed by atoms with Crippen molar-refractivity contribution in [3.05, 3.63) is 83.4 Å². The van der Waals surface area contributed by atoms with E-state index in [1.807, 2.05) is 56.3 Å². The second-order valence-corrected chi connectivity index (χ2v) is 11.0. The van der Waals surface area contributed by atoms with Gasteiger partial charge in [-0.15, -0.1) is 0 Å². The number of nitrogens with one attached hydrogen (secondary N) is 1. The summed E-state index contributed by atoms with van der Waals surface area (Å²) in [5, 5.41) is 3.05. The molecule has 1 N–H and O–H groups in total. The molecule has 39 heavy (non-hydrogen) atoms. The van der Waals surface area contributed by atoms with Crippen LogP contribution in [-0.2, 0) is 17.9 Å². The Labute approximate surface area is 228 Å². The highest BCUT2D eigenvalue weighted by molar-refractivity contribution is 6.07. The normalized spacial score (nSPS) is 21.1. The minimum absolute atomic E-state index is 0.00588. The number of para-hydroxylation sites is 1. The van der Waals surface area contributed by atoms with Gasteiger partial charge in [0, 0.05) is 44.5 Å². The molecular weight excluding hydrogens is 492 g/mol. The summed E-state index contributed by atoms with van der Waals surface area (Å²) in [6.45, 7) is 7.03. The number of nitrogens with zero attached hydrogens (tertiary/aromatic N) is 5. The molecule has 2 aliphatic heterocycles. The molecule has 1 atom stereocenters. The molecule has 202 valence electrons. The van der Waals surface area contributed by atoms with Gasteiger partial charge in [-0.2, -0.15) is 0 Å². The lowest BCUT2D eigenvalue weighted by Gasteiger charge is -2.44. The van der Waals surface area contributed by atoms with Crippen LogP contribution in [0.3, 0.4) is 0 Å². The standard InChI is InChI=1S/C30H34N6O3/c1-21-8-10-22(11-9-21)18-31-29(39)30(2)19-35-20-32-25(26(35)28(38)36(30)24-12-13-24)27(37)34-16-14-33(15-17-34)23-6-4-3-5-7-23/h3-11,20,24H,12-19H2,1-2H3,(H,31,39)/t30-/m0/s1. The Hall–Kier alpha value is -4.14. The van der Waals surface area contributed by atoms with Crippen LogP contribution in [0, 0.1) is 6.92 Å². The third-order valence-electron chi connectivity index (χ3n) is 8.13. The van der Waals surface area contributed by atoms with Crippen molar-refractivity contribution in [2.75, 3.05) is 31.1 Å². The van der Waals surface area contributed by atoms with Crippen molar-refractivity contribution in [2.24, 2.45) is 0 Å². The number of fused-ring (bicyclic) bond motifs is 1. The number of aryl methyl sites for hydroxylation is 1. The molecule has 3 aromatic rings. The zero-order valence-corrected chi connectivity index (χ0v) is 22.5. The average Bonchev–Trinajstić information content (AvgIpc) is 3.70. The highest BCUT2D eigenvalue weighted by Crippen LogP contribution is 2.39.